The summed E-state index contributed by atoms with van der Waals surface area (Å²) in [5.74, 6) is 0.176. The molecule has 32 heavy (non-hydrogen) atoms. The maximum atomic E-state index is 12.9. The molecule has 1 fully saturated rings. The Morgan fingerprint density at radius 1 is 1.12 bits per heavy atom. The third-order valence-electron chi connectivity index (χ3n) is 5.53. The summed E-state index contributed by atoms with van der Waals surface area (Å²) < 4.78 is 0. The number of thiophene rings is 1. The van der Waals surface area contributed by atoms with Gasteiger partial charge >= 0.3 is 0 Å². The van der Waals surface area contributed by atoms with Gasteiger partial charge in [0.1, 0.15) is 0 Å². The average molecular weight is 486 g/mol. The van der Waals surface area contributed by atoms with E-state index in [0.29, 0.717) is 11.6 Å². The number of benzene rings is 1. The van der Waals surface area contributed by atoms with Crippen molar-refractivity contribution in [2.75, 3.05) is 10.6 Å². The number of rotatable bonds is 8. The largest absolute Gasteiger partial charge is 0.326 e. The lowest BCUT2D eigenvalue weighted by molar-refractivity contribution is -0.120. The van der Waals surface area contributed by atoms with Crippen LogP contribution in [0, 0.1) is 5.92 Å². The molecule has 4 rings (SSSR count). The van der Waals surface area contributed by atoms with E-state index in [1.54, 1.807) is 11.3 Å². The van der Waals surface area contributed by atoms with Gasteiger partial charge in [-0.15, -0.1) is 34.4 Å². The molecule has 1 saturated carbocycles. The minimum Gasteiger partial charge on any atom is -0.326 e. The van der Waals surface area contributed by atoms with Gasteiger partial charge < -0.3 is 10.6 Å². The number of aromatic nitrogens is 1. The predicted octanol–water partition coefficient (Wildman–Crippen LogP) is 6.90. The molecule has 8 heteroatoms. The summed E-state index contributed by atoms with van der Waals surface area (Å²) in [6.45, 7) is 2.00. The number of nitrogens with zero attached hydrogens (tertiary/aromatic N) is 1. The highest BCUT2D eigenvalue weighted by Crippen LogP contribution is 2.32. The Morgan fingerprint density at radius 2 is 1.97 bits per heavy atom. The fraction of sp³-hybridized carbons (Fsp3) is 0.375. The van der Waals surface area contributed by atoms with Gasteiger partial charge in [-0.3, -0.25) is 9.59 Å². The van der Waals surface area contributed by atoms with Crippen LogP contribution in [0.15, 0.2) is 52.1 Å². The SMILES string of the molecule is CCC(Sc1cccc(NC(=O)C2CCCCC2)c1)C(=O)Nc1nc(-c2cccs2)cs1. The van der Waals surface area contributed by atoms with Crippen LogP contribution in [-0.2, 0) is 9.59 Å². The monoisotopic (exact) mass is 485 g/mol. The van der Waals surface area contributed by atoms with Gasteiger partial charge in [0, 0.05) is 21.9 Å². The number of hydrogen-bond donors (Lipinski definition) is 2. The molecule has 2 amide bonds. The van der Waals surface area contributed by atoms with Crippen LogP contribution in [0.5, 0.6) is 0 Å². The number of amides is 2. The first kappa shape index (κ1) is 23.0. The summed E-state index contributed by atoms with van der Waals surface area (Å²) in [4.78, 5) is 32.1. The second kappa shape index (κ2) is 11.1. The van der Waals surface area contributed by atoms with E-state index in [9.17, 15) is 9.59 Å². The lowest BCUT2D eigenvalue weighted by atomic mass is 9.88. The van der Waals surface area contributed by atoms with Crippen LogP contribution >= 0.6 is 34.4 Å². The first-order chi connectivity index (χ1) is 15.6. The van der Waals surface area contributed by atoms with Gasteiger partial charge in [0.05, 0.1) is 15.8 Å². The topological polar surface area (TPSA) is 71.1 Å². The molecule has 1 aliphatic rings. The number of nitrogens with one attached hydrogen (secondary N) is 2. The van der Waals surface area contributed by atoms with Gasteiger partial charge in [0.2, 0.25) is 11.8 Å². The molecule has 0 radical (unpaired) electrons. The van der Waals surface area contributed by atoms with Crippen LogP contribution in [0.4, 0.5) is 10.8 Å². The lowest BCUT2D eigenvalue weighted by Gasteiger charge is -2.21. The molecule has 0 bridgehead atoms. The Labute approximate surface area is 201 Å². The molecule has 168 valence electrons. The second-order valence-corrected chi connectivity index (χ2v) is 11.0. The summed E-state index contributed by atoms with van der Waals surface area (Å²) in [6, 6.07) is 11.8. The zero-order valence-corrected chi connectivity index (χ0v) is 20.5. The van der Waals surface area contributed by atoms with Crippen LogP contribution in [0.3, 0.4) is 0 Å². The summed E-state index contributed by atoms with van der Waals surface area (Å²) >= 11 is 4.59. The molecule has 2 heterocycles. The normalized spacial score (nSPS) is 15.3. The Morgan fingerprint density at radius 3 is 2.72 bits per heavy atom. The molecule has 1 unspecified atom stereocenters. The van der Waals surface area contributed by atoms with Gasteiger partial charge in [-0.25, -0.2) is 4.98 Å². The van der Waals surface area contributed by atoms with Crippen molar-refractivity contribution < 1.29 is 9.59 Å². The molecule has 2 N–H and O–H groups in total. The Kier molecular flexibility index (Phi) is 8.00. The maximum absolute atomic E-state index is 12.9. The van der Waals surface area contributed by atoms with Crippen LogP contribution in [0.25, 0.3) is 10.6 Å². The van der Waals surface area contributed by atoms with Crippen LogP contribution in [0.2, 0.25) is 0 Å². The molecular weight excluding hydrogens is 458 g/mol. The highest BCUT2D eigenvalue weighted by molar-refractivity contribution is 8.00. The molecule has 1 aliphatic carbocycles. The molecule has 1 aromatic carbocycles. The van der Waals surface area contributed by atoms with Gasteiger partial charge in [-0.1, -0.05) is 38.3 Å². The standard InChI is InChI=1S/C24H27N3O2S3/c1-2-20(23(29)27-24-26-19(15-31-24)21-12-7-13-30-21)32-18-11-6-10-17(14-18)25-22(28)16-8-4-3-5-9-16/h6-7,10-16,20H,2-5,8-9H2,1H3,(H,25,28)(H,26,27,29). The lowest BCUT2D eigenvalue weighted by Crippen LogP contribution is -2.25. The van der Waals surface area contributed by atoms with Gasteiger partial charge in [-0.2, -0.15) is 0 Å². The number of carbonyl (C=O) groups is 2. The Balaban J connectivity index is 1.36. The van der Waals surface area contributed by atoms with Crippen LogP contribution < -0.4 is 10.6 Å². The number of hydrogen-bond acceptors (Lipinski definition) is 6. The van der Waals surface area contributed by atoms with Crippen molar-refractivity contribution in [3.8, 4) is 10.6 Å². The maximum Gasteiger partial charge on any atom is 0.239 e. The average Bonchev–Trinajstić information content (AvgIpc) is 3.50. The van der Waals surface area contributed by atoms with Gasteiger partial charge in [-0.05, 0) is 48.9 Å². The first-order valence-corrected chi connectivity index (χ1v) is 13.6. The molecular formula is C24H27N3O2S3. The summed E-state index contributed by atoms with van der Waals surface area (Å²) in [5.41, 5.74) is 1.68. The van der Waals surface area contributed by atoms with Crippen molar-refractivity contribution in [1.82, 2.24) is 4.98 Å². The summed E-state index contributed by atoms with van der Waals surface area (Å²) in [7, 11) is 0. The minimum absolute atomic E-state index is 0.0544. The highest BCUT2D eigenvalue weighted by Gasteiger charge is 2.22. The van der Waals surface area contributed by atoms with Crippen molar-refractivity contribution in [1.29, 1.82) is 0 Å². The molecule has 0 saturated heterocycles. The quantitative estimate of drug-likeness (QED) is 0.340. The van der Waals surface area contributed by atoms with E-state index in [1.165, 1.54) is 29.5 Å². The van der Waals surface area contributed by atoms with E-state index in [1.807, 2.05) is 54.1 Å². The predicted molar refractivity (Wildman–Crippen MR) is 136 cm³/mol. The molecule has 5 nitrogen and oxygen atoms in total. The second-order valence-electron chi connectivity index (χ2n) is 7.87. The fourth-order valence-corrected chi connectivity index (χ4v) is 6.28. The first-order valence-electron chi connectivity index (χ1n) is 11.0. The van der Waals surface area contributed by atoms with E-state index >= 15 is 0 Å². The number of carbonyl (C=O) groups excluding carboxylic acids is 2. The third-order valence-corrected chi connectivity index (χ3v) is 8.54. The van der Waals surface area contributed by atoms with E-state index in [4.69, 9.17) is 0 Å². The van der Waals surface area contributed by atoms with Crippen LogP contribution in [-0.4, -0.2) is 22.0 Å². The van der Waals surface area contributed by atoms with Gasteiger partial charge in [0.25, 0.3) is 0 Å². The molecule has 3 aromatic rings. The number of thiazole rings is 1. The van der Waals surface area contributed by atoms with E-state index in [2.05, 4.69) is 15.6 Å². The summed E-state index contributed by atoms with van der Waals surface area (Å²) in [6.07, 6.45) is 6.14. The highest BCUT2D eigenvalue weighted by atomic mass is 32.2. The van der Waals surface area contributed by atoms with Crippen molar-refractivity contribution in [2.45, 2.75) is 55.6 Å². The van der Waals surface area contributed by atoms with E-state index in [0.717, 1.165) is 46.8 Å². The van der Waals surface area contributed by atoms with Crippen molar-refractivity contribution in [3.05, 3.63) is 47.2 Å². The third kappa shape index (κ3) is 5.99. The zero-order chi connectivity index (χ0) is 22.3. The summed E-state index contributed by atoms with van der Waals surface area (Å²) in [5, 5.41) is 10.4. The van der Waals surface area contributed by atoms with Crippen LogP contribution in [0.1, 0.15) is 45.4 Å². The molecule has 0 aliphatic heterocycles. The Bertz CT molecular complexity index is 1040. The number of thioether (sulfide) groups is 1. The van der Waals surface area contributed by atoms with Crippen molar-refractivity contribution in [2.24, 2.45) is 5.92 Å². The van der Waals surface area contributed by atoms with E-state index in [-0.39, 0.29) is 23.0 Å². The Hall–Kier alpha value is -2.16. The minimum atomic E-state index is -0.242. The van der Waals surface area contributed by atoms with Gasteiger partial charge in [0.15, 0.2) is 5.13 Å². The fourth-order valence-electron chi connectivity index (χ4n) is 3.80. The molecule has 2 aromatic heterocycles. The number of anilines is 2. The molecule has 1 atom stereocenters. The van der Waals surface area contributed by atoms with E-state index < -0.39 is 0 Å². The van der Waals surface area contributed by atoms with Crippen molar-refractivity contribution in [3.63, 3.8) is 0 Å². The smallest absolute Gasteiger partial charge is 0.239 e. The van der Waals surface area contributed by atoms with Crippen molar-refractivity contribution >= 4 is 57.1 Å². The zero-order valence-electron chi connectivity index (χ0n) is 18.0. The molecule has 0 spiro atoms.